The van der Waals surface area contributed by atoms with Gasteiger partial charge >= 0.3 is 0 Å². The lowest BCUT2D eigenvalue weighted by molar-refractivity contribution is 0.327. The van der Waals surface area contributed by atoms with Gasteiger partial charge in [-0.3, -0.25) is 4.68 Å². The van der Waals surface area contributed by atoms with E-state index < -0.39 is 0 Å². The minimum absolute atomic E-state index is 0.551. The molecule has 0 aliphatic heterocycles. The summed E-state index contributed by atoms with van der Waals surface area (Å²) in [6.45, 7) is 3.21. The summed E-state index contributed by atoms with van der Waals surface area (Å²) in [5.74, 6) is 1.16. The van der Waals surface area contributed by atoms with Gasteiger partial charge in [0.2, 0.25) is 0 Å². The Hall–Kier alpha value is -0.480. The van der Waals surface area contributed by atoms with Crippen LogP contribution >= 0.6 is 11.8 Å². The normalized spacial score (nSPS) is 18.6. The van der Waals surface area contributed by atoms with Crippen molar-refractivity contribution < 1.29 is 0 Å². The van der Waals surface area contributed by atoms with Gasteiger partial charge in [-0.25, -0.2) is 0 Å². The number of likely N-dealkylation sites (N-methyl/N-ethyl adjacent to an activating group) is 1. The van der Waals surface area contributed by atoms with E-state index in [1.807, 2.05) is 11.8 Å². The molecule has 19 heavy (non-hydrogen) atoms. The van der Waals surface area contributed by atoms with Crippen LogP contribution in [-0.4, -0.2) is 34.4 Å². The molecule has 0 amide bonds. The summed E-state index contributed by atoms with van der Waals surface area (Å²) < 4.78 is 2.22. The number of rotatable bonds is 7. The van der Waals surface area contributed by atoms with Crippen LogP contribution in [0.2, 0.25) is 0 Å². The maximum Gasteiger partial charge on any atom is 0.0640 e. The highest BCUT2D eigenvalue weighted by molar-refractivity contribution is 7.98. The van der Waals surface area contributed by atoms with Gasteiger partial charge in [0.05, 0.1) is 11.7 Å². The van der Waals surface area contributed by atoms with Crippen molar-refractivity contribution >= 4 is 11.8 Å². The molecule has 1 aliphatic carbocycles. The Labute approximate surface area is 121 Å². The van der Waals surface area contributed by atoms with E-state index in [9.17, 15) is 0 Å². The molecular weight excluding hydrogens is 254 g/mol. The lowest BCUT2D eigenvalue weighted by Gasteiger charge is -2.22. The lowest BCUT2D eigenvalue weighted by atomic mass is 9.96. The molecule has 1 aromatic rings. The third kappa shape index (κ3) is 4.53. The second kappa shape index (κ2) is 7.95. The summed E-state index contributed by atoms with van der Waals surface area (Å²) >= 11 is 1.91. The lowest BCUT2D eigenvalue weighted by Crippen LogP contribution is -2.33. The number of aromatic nitrogens is 2. The fourth-order valence-corrected chi connectivity index (χ4v) is 3.61. The monoisotopic (exact) mass is 281 g/mol. The topological polar surface area (TPSA) is 29.9 Å². The first-order valence-electron chi connectivity index (χ1n) is 7.59. The number of hydrogen-bond donors (Lipinski definition) is 1. The zero-order chi connectivity index (χ0) is 13.5. The van der Waals surface area contributed by atoms with Crippen molar-refractivity contribution in [2.75, 3.05) is 18.6 Å². The Morgan fingerprint density at radius 1 is 1.42 bits per heavy atom. The van der Waals surface area contributed by atoms with E-state index in [1.165, 1.54) is 37.8 Å². The fraction of sp³-hybridized carbons (Fsp3) is 0.800. The van der Waals surface area contributed by atoms with E-state index in [2.05, 4.69) is 35.4 Å². The molecule has 0 saturated heterocycles. The SMILES string of the molecule is CCNC(CSC)Cc1ccn(C2CCCCC2)n1. The van der Waals surface area contributed by atoms with E-state index in [0.29, 0.717) is 12.1 Å². The highest BCUT2D eigenvalue weighted by Gasteiger charge is 2.17. The van der Waals surface area contributed by atoms with Crippen LogP contribution in [0.15, 0.2) is 12.3 Å². The predicted molar refractivity (Wildman–Crippen MR) is 83.9 cm³/mol. The van der Waals surface area contributed by atoms with Crippen LogP contribution < -0.4 is 5.32 Å². The summed E-state index contributed by atoms with van der Waals surface area (Å²) in [4.78, 5) is 0. The number of hydrogen-bond acceptors (Lipinski definition) is 3. The maximum absolute atomic E-state index is 4.81. The Morgan fingerprint density at radius 3 is 2.89 bits per heavy atom. The minimum Gasteiger partial charge on any atom is -0.313 e. The van der Waals surface area contributed by atoms with Crippen molar-refractivity contribution in [3.63, 3.8) is 0 Å². The van der Waals surface area contributed by atoms with Crippen molar-refractivity contribution in [2.45, 2.75) is 57.5 Å². The molecule has 1 heterocycles. The Balaban J connectivity index is 1.91. The van der Waals surface area contributed by atoms with Gasteiger partial charge in [-0.15, -0.1) is 0 Å². The van der Waals surface area contributed by atoms with Gasteiger partial charge in [0.15, 0.2) is 0 Å². The summed E-state index contributed by atoms with van der Waals surface area (Å²) in [6, 6.07) is 3.41. The molecule has 1 atom stereocenters. The molecule has 1 saturated carbocycles. The zero-order valence-corrected chi connectivity index (χ0v) is 13.1. The first-order chi connectivity index (χ1) is 9.33. The standard InChI is InChI=1S/C15H27N3S/c1-3-16-14(12-19-2)11-13-9-10-18(17-13)15-7-5-4-6-8-15/h9-10,14-16H,3-8,11-12H2,1-2H3. The predicted octanol–water partition coefficient (Wildman–Crippen LogP) is 3.27. The van der Waals surface area contributed by atoms with Crippen LogP contribution in [0.5, 0.6) is 0 Å². The maximum atomic E-state index is 4.81. The van der Waals surface area contributed by atoms with E-state index in [1.54, 1.807) is 0 Å². The third-order valence-electron chi connectivity index (χ3n) is 3.93. The number of thioether (sulfide) groups is 1. The molecule has 108 valence electrons. The second-order valence-electron chi connectivity index (χ2n) is 5.49. The number of nitrogens with one attached hydrogen (secondary N) is 1. The third-order valence-corrected chi connectivity index (χ3v) is 4.66. The van der Waals surface area contributed by atoms with Gasteiger partial charge in [-0.1, -0.05) is 26.2 Å². The first-order valence-corrected chi connectivity index (χ1v) is 8.99. The minimum atomic E-state index is 0.551. The van der Waals surface area contributed by atoms with E-state index >= 15 is 0 Å². The molecule has 1 N–H and O–H groups in total. The molecule has 1 unspecified atom stereocenters. The second-order valence-corrected chi connectivity index (χ2v) is 6.40. The molecule has 0 bridgehead atoms. The molecule has 0 radical (unpaired) electrons. The summed E-state index contributed by atoms with van der Waals surface area (Å²) in [5.41, 5.74) is 1.24. The summed E-state index contributed by atoms with van der Waals surface area (Å²) in [6.07, 6.45) is 12.2. The van der Waals surface area contributed by atoms with Gasteiger partial charge in [0.25, 0.3) is 0 Å². The highest BCUT2D eigenvalue weighted by atomic mass is 32.2. The van der Waals surface area contributed by atoms with Gasteiger partial charge < -0.3 is 5.32 Å². The Kier molecular flexibility index (Phi) is 6.24. The molecule has 1 aliphatic rings. The van der Waals surface area contributed by atoms with Crippen molar-refractivity contribution in [1.29, 1.82) is 0 Å². The largest absolute Gasteiger partial charge is 0.313 e. The van der Waals surface area contributed by atoms with Crippen molar-refractivity contribution in [2.24, 2.45) is 0 Å². The molecule has 4 heteroatoms. The fourth-order valence-electron chi connectivity index (χ4n) is 2.97. The van der Waals surface area contributed by atoms with Crippen LogP contribution in [0, 0.1) is 0 Å². The highest BCUT2D eigenvalue weighted by Crippen LogP contribution is 2.27. The molecule has 0 aromatic carbocycles. The molecule has 3 nitrogen and oxygen atoms in total. The van der Waals surface area contributed by atoms with Crippen LogP contribution in [-0.2, 0) is 6.42 Å². The molecule has 0 spiro atoms. The smallest absolute Gasteiger partial charge is 0.0640 e. The van der Waals surface area contributed by atoms with Crippen LogP contribution in [0.3, 0.4) is 0 Å². The van der Waals surface area contributed by atoms with Crippen LogP contribution in [0.4, 0.5) is 0 Å². The van der Waals surface area contributed by atoms with Gasteiger partial charge in [0.1, 0.15) is 0 Å². The van der Waals surface area contributed by atoms with Gasteiger partial charge in [0, 0.05) is 24.4 Å². The zero-order valence-electron chi connectivity index (χ0n) is 12.3. The molecule has 1 fully saturated rings. The molecule has 1 aromatic heterocycles. The number of nitrogens with zero attached hydrogens (tertiary/aromatic N) is 2. The Bertz CT molecular complexity index is 352. The van der Waals surface area contributed by atoms with E-state index in [-0.39, 0.29) is 0 Å². The average molecular weight is 281 g/mol. The summed E-state index contributed by atoms with van der Waals surface area (Å²) in [7, 11) is 0. The van der Waals surface area contributed by atoms with E-state index in [0.717, 1.165) is 18.7 Å². The first kappa shape index (κ1) is 14.9. The van der Waals surface area contributed by atoms with Crippen molar-refractivity contribution in [3.8, 4) is 0 Å². The van der Waals surface area contributed by atoms with Crippen molar-refractivity contribution in [1.82, 2.24) is 15.1 Å². The molecule has 2 rings (SSSR count). The Morgan fingerprint density at radius 2 is 2.21 bits per heavy atom. The summed E-state index contributed by atoms with van der Waals surface area (Å²) in [5, 5.41) is 8.36. The van der Waals surface area contributed by atoms with Crippen LogP contribution in [0.25, 0.3) is 0 Å². The average Bonchev–Trinajstić information content (AvgIpc) is 2.89. The van der Waals surface area contributed by atoms with Gasteiger partial charge in [-0.2, -0.15) is 16.9 Å². The molecular formula is C15H27N3S. The van der Waals surface area contributed by atoms with Crippen molar-refractivity contribution in [3.05, 3.63) is 18.0 Å². The van der Waals surface area contributed by atoms with Crippen LogP contribution in [0.1, 0.15) is 50.8 Å². The van der Waals surface area contributed by atoms with E-state index in [4.69, 9.17) is 5.10 Å². The quantitative estimate of drug-likeness (QED) is 0.832. The van der Waals surface area contributed by atoms with Gasteiger partial charge in [-0.05, 0) is 31.7 Å².